The molecule has 0 spiro atoms. The highest BCUT2D eigenvalue weighted by molar-refractivity contribution is 5.06. The van der Waals surface area contributed by atoms with Gasteiger partial charge in [0.2, 0.25) is 0 Å². The summed E-state index contributed by atoms with van der Waals surface area (Å²) in [6.45, 7) is 0.554. The van der Waals surface area contributed by atoms with Crippen molar-refractivity contribution in [2.24, 2.45) is 0 Å². The van der Waals surface area contributed by atoms with Gasteiger partial charge in [-0.25, -0.2) is 13.2 Å². The van der Waals surface area contributed by atoms with E-state index in [1.165, 1.54) is 0 Å². The average molecular weight is 312 g/mol. The lowest BCUT2D eigenvalue weighted by atomic mass is 9.95. The molecule has 0 aromatic rings. The Labute approximate surface area is 99.1 Å². The van der Waals surface area contributed by atoms with Crippen molar-refractivity contribution in [2.45, 2.75) is 49.6 Å². The van der Waals surface area contributed by atoms with E-state index in [4.69, 9.17) is 0 Å². The van der Waals surface area contributed by atoms with Gasteiger partial charge >= 0.3 is 30.1 Å². The summed E-state index contributed by atoms with van der Waals surface area (Å²) in [7, 11) is 0. The molecule has 0 bridgehead atoms. The highest BCUT2D eigenvalue weighted by Crippen LogP contribution is 2.55. The summed E-state index contributed by atoms with van der Waals surface area (Å²) in [4.78, 5) is 0. The van der Waals surface area contributed by atoms with Crippen LogP contribution in [0.5, 0.6) is 0 Å². The lowest BCUT2D eigenvalue weighted by Gasteiger charge is -2.37. The van der Waals surface area contributed by atoms with Gasteiger partial charge < -0.3 is 0 Å². The molecule has 11 heteroatoms. The van der Waals surface area contributed by atoms with Crippen LogP contribution in [0.4, 0.5) is 48.3 Å². The van der Waals surface area contributed by atoms with E-state index in [0.717, 1.165) is 0 Å². The minimum absolute atomic E-state index is 0.554. The molecule has 0 fully saturated rings. The van der Waals surface area contributed by atoms with Crippen LogP contribution in [-0.4, -0.2) is 36.3 Å². The number of halogens is 11. The lowest BCUT2D eigenvalue weighted by molar-refractivity contribution is -0.391. The van der Waals surface area contributed by atoms with Crippen LogP contribution in [0.2, 0.25) is 0 Å². The second-order valence-corrected chi connectivity index (χ2v) is 3.57. The quantitative estimate of drug-likeness (QED) is 0.632. The summed E-state index contributed by atoms with van der Waals surface area (Å²) in [5.41, 5.74) is 0. The molecule has 0 radical (unpaired) electrons. The van der Waals surface area contributed by atoms with Crippen molar-refractivity contribution in [3.63, 3.8) is 0 Å². The predicted molar refractivity (Wildman–Crippen MR) is 41.0 cm³/mol. The normalized spacial score (nSPS) is 16.9. The van der Waals surface area contributed by atoms with Gasteiger partial charge in [-0.3, -0.25) is 0 Å². The van der Waals surface area contributed by atoms with Gasteiger partial charge in [0.05, 0.1) is 0 Å². The first-order chi connectivity index (χ1) is 8.17. The first-order valence-corrected chi connectivity index (χ1v) is 4.61. The molecule has 0 N–H and O–H groups in total. The van der Waals surface area contributed by atoms with Crippen LogP contribution in [0.15, 0.2) is 0 Å². The van der Waals surface area contributed by atoms with Crippen molar-refractivity contribution in [1.29, 1.82) is 0 Å². The SMILES string of the molecule is CCC(F)C(F)(F)C(F)(F)C(F)(F)C(F)(F)C(F)F. The second-order valence-electron chi connectivity index (χ2n) is 3.57. The molecule has 0 nitrogen and oxygen atoms in total. The van der Waals surface area contributed by atoms with E-state index >= 15 is 0 Å². The third-order valence-corrected chi connectivity index (χ3v) is 2.26. The Morgan fingerprint density at radius 2 is 1.00 bits per heavy atom. The first-order valence-electron chi connectivity index (χ1n) is 4.61. The van der Waals surface area contributed by atoms with Crippen molar-refractivity contribution < 1.29 is 48.3 Å². The maximum atomic E-state index is 12.7. The van der Waals surface area contributed by atoms with Gasteiger partial charge in [0, 0.05) is 0 Å². The van der Waals surface area contributed by atoms with Crippen molar-refractivity contribution in [3.05, 3.63) is 0 Å². The van der Waals surface area contributed by atoms with E-state index in [0.29, 0.717) is 6.92 Å². The van der Waals surface area contributed by atoms with Crippen LogP contribution >= 0.6 is 0 Å². The van der Waals surface area contributed by atoms with E-state index in [1.807, 2.05) is 0 Å². The standard InChI is InChI=1S/C8H7F11/c1-2-3(9)5(12,13)7(16,17)8(18,19)6(14,15)4(10)11/h3-4H,2H2,1H3. The lowest BCUT2D eigenvalue weighted by Crippen LogP contribution is -2.66. The van der Waals surface area contributed by atoms with Crippen LogP contribution in [0.25, 0.3) is 0 Å². The van der Waals surface area contributed by atoms with Gasteiger partial charge in [0.25, 0.3) is 0 Å². The van der Waals surface area contributed by atoms with Crippen molar-refractivity contribution >= 4 is 0 Å². The fourth-order valence-electron chi connectivity index (χ4n) is 1.01. The van der Waals surface area contributed by atoms with Crippen LogP contribution in [0.3, 0.4) is 0 Å². The minimum Gasteiger partial charge on any atom is -0.241 e. The summed E-state index contributed by atoms with van der Waals surface area (Å²) < 4.78 is 136. The molecule has 0 saturated carbocycles. The van der Waals surface area contributed by atoms with E-state index in [1.54, 1.807) is 0 Å². The Morgan fingerprint density at radius 1 is 0.684 bits per heavy atom. The Hall–Kier alpha value is -0.770. The summed E-state index contributed by atoms with van der Waals surface area (Å²) >= 11 is 0. The maximum Gasteiger partial charge on any atom is 0.384 e. The van der Waals surface area contributed by atoms with E-state index in [-0.39, 0.29) is 0 Å². The third kappa shape index (κ3) is 2.47. The molecule has 1 unspecified atom stereocenters. The number of hydrogen-bond acceptors (Lipinski definition) is 0. The van der Waals surface area contributed by atoms with Crippen molar-refractivity contribution in [1.82, 2.24) is 0 Å². The van der Waals surface area contributed by atoms with Gasteiger partial charge in [0.1, 0.15) is 0 Å². The molecular formula is C8H7F11. The number of hydrogen-bond donors (Lipinski definition) is 0. The zero-order valence-corrected chi connectivity index (χ0v) is 9.02. The topological polar surface area (TPSA) is 0 Å². The summed E-state index contributed by atoms with van der Waals surface area (Å²) in [5, 5.41) is 0. The van der Waals surface area contributed by atoms with Gasteiger partial charge in [-0.05, 0) is 6.42 Å². The summed E-state index contributed by atoms with van der Waals surface area (Å²) in [6, 6.07) is 0. The molecule has 0 amide bonds. The van der Waals surface area contributed by atoms with Gasteiger partial charge in [-0.15, -0.1) is 0 Å². The maximum absolute atomic E-state index is 12.7. The molecule has 0 aliphatic rings. The van der Waals surface area contributed by atoms with Crippen molar-refractivity contribution in [3.8, 4) is 0 Å². The summed E-state index contributed by atoms with van der Waals surface area (Å²) in [5.74, 6) is -27.1. The molecule has 0 aromatic carbocycles. The molecule has 0 aliphatic heterocycles. The Bertz CT molecular complexity index is 308. The summed E-state index contributed by atoms with van der Waals surface area (Å²) in [6.07, 6.45) is -10.6. The van der Waals surface area contributed by atoms with E-state index in [2.05, 4.69) is 0 Å². The Balaban J connectivity index is 5.76. The second kappa shape index (κ2) is 4.97. The third-order valence-electron chi connectivity index (χ3n) is 2.26. The highest BCUT2D eigenvalue weighted by atomic mass is 19.4. The van der Waals surface area contributed by atoms with E-state index < -0.39 is 42.7 Å². The van der Waals surface area contributed by atoms with E-state index in [9.17, 15) is 48.3 Å². The zero-order valence-electron chi connectivity index (χ0n) is 9.02. The van der Waals surface area contributed by atoms with Gasteiger partial charge in [-0.1, -0.05) is 6.92 Å². The monoisotopic (exact) mass is 312 g/mol. The van der Waals surface area contributed by atoms with Crippen molar-refractivity contribution in [2.75, 3.05) is 0 Å². The van der Waals surface area contributed by atoms with Crippen LogP contribution < -0.4 is 0 Å². The molecule has 19 heavy (non-hydrogen) atoms. The average Bonchev–Trinajstić information content (AvgIpc) is 2.26. The van der Waals surface area contributed by atoms with Crippen LogP contribution in [0.1, 0.15) is 13.3 Å². The predicted octanol–water partition coefficient (Wildman–Crippen LogP) is 4.54. The molecule has 1 atom stereocenters. The minimum atomic E-state index is -7.13. The fraction of sp³-hybridized carbons (Fsp3) is 1.00. The van der Waals surface area contributed by atoms with Gasteiger partial charge in [-0.2, -0.15) is 35.1 Å². The van der Waals surface area contributed by atoms with Crippen LogP contribution in [0, 0.1) is 0 Å². The number of alkyl halides is 11. The fourth-order valence-corrected chi connectivity index (χ4v) is 1.01. The molecule has 0 aromatic heterocycles. The van der Waals surface area contributed by atoms with Gasteiger partial charge in [0.15, 0.2) is 6.17 Å². The highest BCUT2D eigenvalue weighted by Gasteiger charge is 2.84. The Kier molecular flexibility index (Phi) is 4.77. The molecule has 0 aliphatic carbocycles. The molecule has 0 saturated heterocycles. The molecule has 0 rings (SSSR count). The smallest absolute Gasteiger partial charge is 0.241 e. The van der Waals surface area contributed by atoms with Crippen LogP contribution in [-0.2, 0) is 0 Å². The molecule has 0 heterocycles. The zero-order chi connectivity index (χ0) is 15.9. The molecule has 116 valence electrons. The first kappa shape index (κ1) is 18.2. The number of rotatable bonds is 6. The Morgan fingerprint density at radius 3 is 1.26 bits per heavy atom. The molecular weight excluding hydrogens is 305 g/mol. The largest absolute Gasteiger partial charge is 0.384 e.